The minimum atomic E-state index is -1.32. The molecule has 0 bridgehead atoms. The van der Waals surface area contributed by atoms with Crippen LogP contribution in [-0.2, 0) is 9.53 Å². The molecule has 5 rings (SSSR count). The van der Waals surface area contributed by atoms with Gasteiger partial charge >= 0.3 is 0 Å². The Morgan fingerprint density at radius 2 is 1.97 bits per heavy atom. The van der Waals surface area contributed by atoms with E-state index in [4.69, 9.17) is 9.47 Å². The first-order valence-electron chi connectivity index (χ1n) is 12.8. The maximum Gasteiger partial charge on any atom is 0.255 e. The molecule has 3 atom stereocenters. The summed E-state index contributed by atoms with van der Waals surface area (Å²) in [5.41, 5.74) is 2.52. The number of hydrogen-bond donors (Lipinski definition) is 3. The number of nitrogens with one attached hydrogen (secondary N) is 3. The molecule has 3 aromatic rings. The standard InChI is InChI=1S/C27H31F2N5O4/c1-14-23(27(36)34-20-7-6-17(10-19(20)29)33-22(35)12-37-2)25-26(32-14)24(30-13-31-25)18-9-16(28)5-8-21(18)38-11-15-3-4-15/h5,8-9,13,15,17,19-20,32H,3-4,6-7,10-12H2,1-2H3,(H,33,35)(H,34,36)/t17-,19+,20-/m0/s1. The number of carbonyl (C=O) groups is 2. The minimum Gasteiger partial charge on any atom is -0.493 e. The van der Waals surface area contributed by atoms with Gasteiger partial charge in [0.15, 0.2) is 0 Å². The summed E-state index contributed by atoms with van der Waals surface area (Å²) in [5, 5.41) is 5.56. The molecule has 0 spiro atoms. The Morgan fingerprint density at radius 1 is 1.16 bits per heavy atom. The van der Waals surface area contributed by atoms with Crippen LogP contribution < -0.4 is 15.4 Å². The van der Waals surface area contributed by atoms with Crippen LogP contribution in [-0.4, -0.2) is 65.3 Å². The lowest BCUT2D eigenvalue weighted by atomic mass is 9.89. The van der Waals surface area contributed by atoms with E-state index in [0.29, 0.717) is 59.1 Å². The maximum atomic E-state index is 15.0. The van der Waals surface area contributed by atoms with E-state index in [1.807, 2.05) is 0 Å². The highest BCUT2D eigenvalue weighted by Crippen LogP contribution is 2.37. The number of methoxy groups -OCH3 is 1. The van der Waals surface area contributed by atoms with Gasteiger partial charge in [0.1, 0.15) is 41.9 Å². The van der Waals surface area contributed by atoms with E-state index in [1.165, 1.54) is 25.6 Å². The van der Waals surface area contributed by atoms with Crippen LogP contribution in [0.5, 0.6) is 5.75 Å². The molecule has 0 radical (unpaired) electrons. The van der Waals surface area contributed by atoms with Crippen LogP contribution in [0, 0.1) is 18.7 Å². The van der Waals surface area contributed by atoms with Gasteiger partial charge in [-0.25, -0.2) is 18.7 Å². The summed E-state index contributed by atoms with van der Waals surface area (Å²) >= 11 is 0. The average molecular weight is 528 g/mol. The molecule has 0 unspecified atom stereocenters. The van der Waals surface area contributed by atoms with Crippen molar-refractivity contribution in [1.29, 1.82) is 0 Å². The number of benzene rings is 1. The minimum absolute atomic E-state index is 0.0823. The smallest absolute Gasteiger partial charge is 0.255 e. The lowest BCUT2D eigenvalue weighted by Gasteiger charge is -2.32. The number of nitrogens with zero attached hydrogens (tertiary/aromatic N) is 2. The van der Waals surface area contributed by atoms with Crippen molar-refractivity contribution in [2.24, 2.45) is 5.92 Å². The van der Waals surface area contributed by atoms with Crippen LogP contribution in [0.2, 0.25) is 0 Å². The van der Waals surface area contributed by atoms with Gasteiger partial charge in [-0.15, -0.1) is 0 Å². The highest BCUT2D eigenvalue weighted by Gasteiger charge is 2.33. The van der Waals surface area contributed by atoms with Crippen molar-refractivity contribution in [3.63, 3.8) is 0 Å². The lowest BCUT2D eigenvalue weighted by molar-refractivity contribution is -0.125. The summed E-state index contributed by atoms with van der Waals surface area (Å²) in [6.07, 6.45) is 3.24. The Balaban J connectivity index is 1.36. The van der Waals surface area contributed by atoms with E-state index in [-0.39, 0.29) is 30.5 Å². The molecule has 3 N–H and O–H groups in total. The fraction of sp³-hybridized carbons (Fsp3) is 0.481. The summed E-state index contributed by atoms with van der Waals surface area (Å²) in [6.45, 7) is 2.19. The topological polar surface area (TPSA) is 118 Å². The molecule has 2 aromatic heterocycles. The highest BCUT2D eigenvalue weighted by atomic mass is 19.1. The number of aromatic amines is 1. The molecule has 2 aliphatic carbocycles. The second kappa shape index (κ2) is 11.0. The van der Waals surface area contributed by atoms with Gasteiger partial charge in [0.25, 0.3) is 5.91 Å². The van der Waals surface area contributed by atoms with Gasteiger partial charge in [0.2, 0.25) is 5.91 Å². The molecule has 2 fully saturated rings. The second-order valence-electron chi connectivity index (χ2n) is 10.1. The van der Waals surface area contributed by atoms with Gasteiger partial charge in [0, 0.05) is 30.8 Å². The SMILES string of the molecule is COCC(=O)N[C@H]1CC[C@H](NC(=O)c2c(C)[nH]c3c(-c4cc(F)ccc4OCC4CC4)ncnc23)[C@H](F)C1. The van der Waals surface area contributed by atoms with Gasteiger partial charge < -0.3 is 25.1 Å². The number of aromatic nitrogens is 3. The number of aryl methyl sites for hydroxylation is 1. The third-order valence-corrected chi connectivity index (χ3v) is 7.10. The van der Waals surface area contributed by atoms with E-state index >= 15 is 0 Å². The zero-order chi connectivity index (χ0) is 26.8. The van der Waals surface area contributed by atoms with Crippen molar-refractivity contribution in [3.8, 4) is 17.0 Å². The maximum absolute atomic E-state index is 15.0. The largest absolute Gasteiger partial charge is 0.493 e. The highest BCUT2D eigenvalue weighted by molar-refractivity contribution is 6.09. The molecule has 2 saturated carbocycles. The van der Waals surface area contributed by atoms with Gasteiger partial charge in [-0.3, -0.25) is 9.59 Å². The molecular weight excluding hydrogens is 496 g/mol. The second-order valence-corrected chi connectivity index (χ2v) is 10.1. The monoisotopic (exact) mass is 527 g/mol. The third kappa shape index (κ3) is 5.62. The molecule has 202 valence electrons. The number of ether oxygens (including phenoxy) is 2. The van der Waals surface area contributed by atoms with E-state index in [2.05, 4.69) is 25.6 Å². The fourth-order valence-corrected chi connectivity index (χ4v) is 4.96. The number of halogens is 2. The first-order chi connectivity index (χ1) is 18.3. The summed E-state index contributed by atoms with van der Waals surface area (Å²) < 4.78 is 40.0. The Morgan fingerprint density at radius 3 is 2.71 bits per heavy atom. The van der Waals surface area contributed by atoms with Crippen LogP contribution in [0.15, 0.2) is 24.5 Å². The Kier molecular flexibility index (Phi) is 7.55. The van der Waals surface area contributed by atoms with Gasteiger partial charge in [-0.1, -0.05) is 0 Å². The Hall–Kier alpha value is -3.60. The van der Waals surface area contributed by atoms with Crippen molar-refractivity contribution in [1.82, 2.24) is 25.6 Å². The Bertz CT molecular complexity index is 1340. The molecule has 11 heteroatoms. The van der Waals surface area contributed by atoms with Crippen LogP contribution in [0.3, 0.4) is 0 Å². The molecular formula is C27H31F2N5O4. The number of fused-ring (bicyclic) bond motifs is 1. The molecule has 2 amide bonds. The molecule has 0 aliphatic heterocycles. The molecule has 2 heterocycles. The van der Waals surface area contributed by atoms with Crippen LogP contribution in [0.1, 0.15) is 48.2 Å². The average Bonchev–Trinajstić information content (AvgIpc) is 3.64. The van der Waals surface area contributed by atoms with Crippen molar-refractivity contribution in [2.45, 2.75) is 57.3 Å². The molecule has 38 heavy (non-hydrogen) atoms. The normalized spacial score (nSPS) is 21.3. The summed E-state index contributed by atoms with van der Waals surface area (Å²) in [7, 11) is 1.42. The van der Waals surface area contributed by atoms with E-state index < -0.39 is 23.9 Å². The van der Waals surface area contributed by atoms with E-state index in [1.54, 1.807) is 13.0 Å². The predicted molar refractivity (Wildman–Crippen MR) is 136 cm³/mol. The van der Waals surface area contributed by atoms with Crippen LogP contribution in [0.4, 0.5) is 8.78 Å². The van der Waals surface area contributed by atoms with Crippen LogP contribution in [0.25, 0.3) is 22.3 Å². The number of hydrogen-bond acceptors (Lipinski definition) is 6. The summed E-state index contributed by atoms with van der Waals surface area (Å²) in [5.74, 6) is -0.174. The lowest BCUT2D eigenvalue weighted by Crippen LogP contribution is -2.50. The van der Waals surface area contributed by atoms with Crippen molar-refractivity contribution in [2.75, 3.05) is 20.3 Å². The zero-order valence-electron chi connectivity index (χ0n) is 21.4. The van der Waals surface area contributed by atoms with E-state index in [0.717, 1.165) is 12.8 Å². The first-order valence-corrected chi connectivity index (χ1v) is 12.8. The zero-order valence-corrected chi connectivity index (χ0v) is 21.4. The number of carbonyl (C=O) groups excluding carboxylic acids is 2. The third-order valence-electron chi connectivity index (χ3n) is 7.10. The number of rotatable bonds is 9. The van der Waals surface area contributed by atoms with E-state index in [9.17, 15) is 18.4 Å². The predicted octanol–water partition coefficient (Wildman–Crippen LogP) is 3.61. The fourth-order valence-electron chi connectivity index (χ4n) is 4.96. The number of alkyl halides is 1. The molecule has 1 aromatic carbocycles. The summed E-state index contributed by atoms with van der Waals surface area (Å²) in [6, 6.07) is 3.27. The van der Waals surface area contributed by atoms with Gasteiger partial charge in [-0.05, 0) is 56.7 Å². The molecule has 2 aliphatic rings. The molecule has 0 saturated heterocycles. The van der Waals surface area contributed by atoms with Crippen molar-refractivity contribution in [3.05, 3.63) is 41.6 Å². The Labute approximate surface area is 218 Å². The first kappa shape index (κ1) is 26.0. The summed E-state index contributed by atoms with van der Waals surface area (Å²) in [4.78, 5) is 37.0. The van der Waals surface area contributed by atoms with Crippen molar-refractivity contribution >= 4 is 22.8 Å². The molecule has 9 nitrogen and oxygen atoms in total. The van der Waals surface area contributed by atoms with Crippen LogP contribution >= 0.6 is 0 Å². The van der Waals surface area contributed by atoms with Gasteiger partial charge in [-0.2, -0.15) is 0 Å². The quantitative estimate of drug-likeness (QED) is 0.391. The van der Waals surface area contributed by atoms with Gasteiger partial charge in [0.05, 0.1) is 23.7 Å². The number of H-pyrrole nitrogens is 1. The number of amides is 2. The van der Waals surface area contributed by atoms with Crippen molar-refractivity contribution < 1.29 is 27.8 Å².